The molecule has 10 heteroatoms. The molecule has 2 aliphatic heterocycles. The third-order valence-electron chi connectivity index (χ3n) is 5.99. The lowest BCUT2D eigenvalue weighted by Gasteiger charge is -2.56. The Kier molecular flexibility index (Phi) is 6.27. The Hall–Kier alpha value is -2.11. The number of aliphatic hydroxyl groups is 1. The summed E-state index contributed by atoms with van der Waals surface area (Å²) >= 11 is 3.43. The van der Waals surface area contributed by atoms with Gasteiger partial charge in [0.1, 0.15) is 0 Å². The zero-order chi connectivity index (χ0) is 22.2. The van der Waals surface area contributed by atoms with E-state index in [9.17, 15) is 23.6 Å². The lowest BCUT2D eigenvalue weighted by molar-refractivity contribution is -0.387. The molecule has 0 bridgehead atoms. The SMILES string of the molecule is O=[N+]([O-])c1ccccc1S(=O)(=O)N1C/C=C\CN2[C@H](CO)[C@H](c3ccc(Br)cc3)[C@@H]2C1. The Bertz CT molecular complexity index is 1110. The van der Waals surface area contributed by atoms with Crippen LogP contribution in [0.25, 0.3) is 0 Å². The van der Waals surface area contributed by atoms with Crippen LogP contribution in [-0.4, -0.2) is 66.0 Å². The molecular weight excluding hydrogens is 486 g/mol. The first kappa shape index (κ1) is 22.1. The largest absolute Gasteiger partial charge is 0.395 e. The minimum Gasteiger partial charge on any atom is -0.395 e. The first-order chi connectivity index (χ1) is 14.8. The molecule has 0 saturated carbocycles. The highest BCUT2D eigenvalue weighted by atomic mass is 79.9. The van der Waals surface area contributed by atoms with Gasteiger partial charge in [0.2, 0.25) is 10.0 Å². The monoisotopic (exact) mass is 507 g/mol. The van der Waals surface area contributed by atoms with Gasteiger partial charge >= 0.3 is 0 Å². The number of fused-ring (bicyclic) bond motifs is 1. The maximum Gasteiger partial charge on any atom is 0.289 e. The predicted octanol–water partition coefficient (Wildman–Crippen LogP) is 2.75. The number of hydrogen-bond acceptors (Lipinski definition) is 6. The van der Waals surface area contributed by atoms with Crippen molar-refractivity contribution in [1.29, 1.82) is 0 Å². The van der Waals surface area contributed by atoms with E-state index in [1.807, 2.05) is 30.3 Å². The highest BCUT2D eigenvalue weighted by Gasteiger charge is 2.50. The number of para-hydroxylation sites is 1. The fourth-order valence-corrected chi connectivity index (χ4v) is 6.31. The van der Waals surface area contributed by atoms with E-state index in [2.05, 4.69) is 20.8 Å². The number of halogens is 1. The molecule has 0 amide bonds. The standard InChI is InChI=1S/C21H22BrN3O5S/c22-16-9-7-15(8-10-16)21-18-13-23(11-3-4-12-24(18)19(21)14-26)31(29,30)20-6-2-1-5-17(20)25(27)28/h1-10,18-19,21,26H,11-14H2/b4-3-/t18-,19+,21+/m0/s1. The maximum absolute atomic E-state index is 13.4. The fraction of sp³-hybridized carbons (Fsp3) is 0.333. The van der Waals surface area contributed by atoms with E-state index in [-0.39, 0.29) is 42.6 Å². The molecule has 0 radical (unpaired) electrons. The average Bonchev–Trinajstić information content (AvgIpc) is 2.73. The molecular formula is C21H22BrN3O5S. The number of nitrogens with zero attached hydrogens (tertiary/aromatic N) is 3. The lowest BCUT2D eigenvalue weighted by atomic mass is 9.75. The summed E-state index contributed by atoms with van der Waals surface area (Å²) in [7, 11) is -4.09. The van der Waals surface area contributed by atoms with Gasteiger partial charge in [-0.15, -0.1) is 0 Å². The topological polar surface area (TPSA) is 104 Å². The van der Waals surface area contributed by atoms with Crippen molar-refractivity contribution < 1.29 is 18.4 Å². The zero-order valence-corrected chi connectivity index (χ0v) is 18.9. The van der Waals surface area contributed by atoms with E-state index in [1.165, 1.54) is 28.6 Å². The molecule has 2 aromatic rings. The quantitative estimate of drug-likeness (QED) is 0.379. The van der Waals surface area contributed by atoms with E-state index >= 15 is 0 Å². The van der Waals surface area contributed by atoms with Crippen LogP contribution in [0.4, 0.5) is 5.69 Å². The van der Waals surface area contributed by atoms with Crippen molar-refractivity contribution in [2.24, 2.45) is 0 Å². The molecule has 1 saturated heterocycles. The number of hydrogen-bond donors (Lipinski definition) is 1. The number of rotatable bonds is 5. The summed E-state index contributed by atoms with van der Waals surface area (Å²) in [5, 5.41) is 21.4. The number of nitro groups is 1. The summed E-state index contributed by atoms with van der Waals surface area (Å²) in [6.07, 6.45) is 3.64. The molecule has 3 atom stereocenters. The summed E-state index contributed by atoms with van der Waals surface area (Å²) < 4.78 is 29.0. The zero-order valence-electron chi connectivity index (χ0n) is 16.5. The van der Waals surface area contributed by atoms with Gasteiger partial charge in [0.15, 0.2) is 4.90 Å². The molecule has 2 aliphatic rings. The van der Waals surface area contributed by atoms with E-state index < -0.39 is 20.6 Å². The molecule has 0 aromatic heterocycles. The number of nitro benzene ring substituents is 1. The van der Waals surface area contributed by atoms with Gasteiger partial charge in [-0.3, -0.25) is 15.0 Å². The molecule has 0 aliphatic carbocycles. The van der Waals surface area contributed by atoms with Crippen molar-refractivity contribution in [1.82, 2.24) is 9.21 Å². The van der Waals surface area contributed by atoms with E-state index in [4.69, 9.17) is 0 Å². The van der Waals surface area contributed by atoms with Crippen LogP contribution in [0.2, 0.25) is 0 Å². The Balaban J connectivity index is 1.70. The summed E-state index contributed by atoms with van der Waals surface area (Å²) in [4.78, 5) is 12.5. The third kappa shape index (κ3) is 4.06. The van der Waals surface area contributed by atoms with Gasteiger partial charge < -0.3 is 5.11 Å². The van der Waals surface area contributed by atoms with Crippen LogP contribution in [0.5, 0.6) is 0 Å². The molecule has 8 nitrogen and oxygen atoms in total. The summed E-state index contributed by atoms with van der Waals surface area (Å²) in [6, 6.07) is 13.0. The van der Waals surface area contributed by atoms with Crippen molar-refractivity contribution in [3.63, 3.8) is 0 Å². The first-order valence-electron chi connectivity index (χ1n) is 9.85. The third-order valence-corrected chi connectivity index (χ3v) is 8.39. The molecule has 0 spiro atoms. The minimum absolute atomic E-state index is 0.0397. The van der Waals surface area contributed by atoms with Gasteiger partial charge in [-0.2, -0.15) is 4.31 Å². The second-order valence-electron chi connectivity index (χ2n) is 7.61. The van der Waals surface area contributed by atoms with Crippen molar-refractivity contribution in [3.05, 3.63) is 80.8 Å². The number of sulfonamides is 1. The summed E-state index contributed by atoms with van der Waals surface area (Å²) in [5.74, 6) is -0.0481. The molecule has 0 unspecified atom stereocenters. The van der Waals surface area contributed by atoms with E-state index in [0.717, 1.165) is 10.0 Å². The minimum atomic E-state index is -4.09. The maximum atomic E-state index is 13.4. The molecule has 2 heterocycles. The van der Waals surface area contributed by atoms with Gasteiger partial charge in [0.05, 0.1) is 11.5 Å². The van der Waals surface area contributed by atoms with Crippen molar-refractivity contribution in [2.45, 2.75) is 22.9 Å². The highest BCUT2D eigenvalue weighted by Crippen LogP contribution is 2.42. The van der Waals surface area contributed by atoms with Gasteiger partial charge in [0.25, 0.3) is 5.69 Å². The summed E-state index contributed by atoms with van der Waals surface area (Å²) in [5.41, 5.74) is 0.591. The Morgan fingerprint density at radius 1 is 1.10 bits per heavy atom. The van der Waals surface area contributed by atoms with Crippen LogP contribution < -0.4 is 0 Å². The molecule has 2 aromatic carbocycles. The Morgan fingerprint density at radius 2 is 1.77 bits per heavy atom. The van der Waals surface area contributed by atoms with Crippen molar-refractivity contribution >= 4 is 31.6 Å². The van der Waals surface area contributed by atoms with E-state index in [0.29, 0.717) is 6.54 Å². The number of benzene rings is 2. The molecule has 1 fully saturated rings. The fourth-order valence-electron chi connectivity index (χ4n) is 4.48. The van der Waals surface area contributed by atoms with Gasteiger partial charge in [0, 0.05) is 48.2 Å². The molecule has 4 rings (SSSR count). The molecule has 31 heavy (non-hydrogen) atoms. The van der Waals surface area contributed by atoms with Crippen LogP contribution >= 0.6 is 15.9 Å². The first-order valence-corrected chi connectivity index (χ1v) is 12.1. The van der Waals surface area contributed by atoms with Crippen molar-refractivity contribution in [3.8, 4) is 0 Å². The Morgan fingerprint density at radius 3 is 2.45 bits per heavy atom. The van der Waals surface area contributed by atoms with Crippen LogP contribution in [0, 0.1) is 10.1 Å². The van der Waals surface area contributed by atoms with E-state index in [1.54, 1.807) is 6.08 Å². The lowest BCUT2D eigenvalue weighted by Crippen LogP contribution is -2.67. The van der Waals surface area contributed by atoms with Crippen LogP contribution in [0.1, 0.15) is 11.5 Å². The molecule has 1 N–H and O–H groups in total. The Labute approximate surface area is 189 Å². The van der Waals surface area contributed by atoms with Gasteiger partial charge in [-0.25, -0.2) is 8.42 Å². The second-order valence-corrected chi connectivity index (χ2v) is 10.4. The van der Waals surface area contributed by atoms with Crippen LogP contribution in [0.3, 0.4) is 0 Å². The second kappa shape index (κ2) is 8.79. The van der Waals surface area contributed by atoms with Crippen LogP contribution in [0.15, 0.2) is 70.1 Å². The average molecular weight is 508 g/mol. The predicted molar refractivity (Wildman–Crippen MR) is 119 cm³/mol. The summed E-state index contributed by atoms with van der Waals surface area (Å²) in [6.45, 7) is 0.885. The van der Waals surface area contributed by atoms with Crippen LogP contribution in [-0.2, 0) is 10.0 Å². The number of aliphatic hydroxyl groups excluding tert-OH is 1. The molecule has 164 valence electrons. The normalized spacial score (nSPS) is 25.7. The van der Waals surface area contributed by atoms with Gasteiger partial charge in [-0.1, -0.05) is 52.3 Å². The smallest absolute Gasteiger partial charge is 0.289 e. The highest BCUT2D eigenvalue weighted by molar-refractivity contribution is 9.10. The van der Waals surface area contributed by atoms with Crippen molar-refractivity contribution in [2.75, 3.05) is 26.2 Å². The van der Waals surface area contributed by atoms with Gasteiger partial charge in [-0.05, 0) is 23.8 Å².